The average molecular weight is 415 g/mol. The molecule has 0 spiro atoms. The fourth-order valence-corrected chi connectivity index (χ4v) is 3.93. The van der Waals surface area contributed by atoms with Gasteiger partial charge in [0.15, 0.2) is 5.60 Å². The zero-order valence-electron chi connectivity index (χ0n) is 19.3. The highest BCUT2D eigenvalue weighted by atomic mass is 16.4. The molecule has 0 radical (unpaired) electrons. The quantitative estimate of drug-likeness (QED) is 0.157. The summed E-state index contributed by atoms with van der Waals surface area (Å²) in [6.07, 6.45) is 26.2. The number of aliphatic hydroxyl groups is 2. The van der Waals surface area contributed by atoms with Crippen LogP contribution >= 0.6 is 0 Å². The number of hydrogen-bond acceptors (Lipinski definition) is 3. The van der Waals surface area contributed by atoms with E-state index in [-0.39, 0.29) is 6.42 Å². The van der Waals surface area contributed by atoms with Crippen molar-refractivity contribution in [1.82, 2.24) is 0 Å². The molecule has 4 nitrogen and oxygen atoms in total. The Bertz CT molecular complexity index is 359. The topological polar surface area (TPSA) is 77.8 Å². The molecule has 0 saturated heterocycles. The van der Waals surface area contributed by atoms with Crippen LogP contribution in [0, 0.1) is 0 Å². The Kier molecular flexibility index (Phi) is 20.2. The summed E-state index contributed by atoms with van der Waals surface area (Å²) in [5.41, 5.74) is -1.95. The van der Waals surface area contributed by atoms with Crippen molar-refractivity contribution in [1.29, 1.82) is 0 Å². The van der Waals surface area contributed by atoms with Crippen LogP contribution in [0.3, 0.4) is 0 Å². The number of carboxylic acid groups (broad SMARTS) is 1. The van der Waals surface area contributed by atoms with E-state index in [2.05, 4.69) is 6.92 Å². The maximum absolute atomic E-state index is 10.9. The second kappa shape index (κ2) is 20.7. The van der Waals surface area contributed by atoms with E-state index in [0.717, 1.165) is 12.8 Å². The number of aliphatic carboxylic acids is 1. The van der Waals surface area contributed by atoms with Crippen LogP contribution < -0.4 is 0 Å². The van der Waals surface area contributed by atoms with E-state index in [4.69, 9.17) is 10.2 Å². The molecule has 3 N–H and O–H groups in total. The van der Waals surface area contributed by atoms with E-state index in [1.165, 1.54) is 109 Å². The lowest BCUT2D eigenvalue weighted by Crippen LogP contribution is -2.42. The van der Waals surface area contributed by atoms with Crippen LogP contribution in [0.25, 0.3) is 0 Å². The van der Waals surface area contributed by atoms with Gasteiger partial charge in [0.05, 0.1) is 6.61 Å². The number of hydrogen-bond donors (Lipinski definition) is 3. The van der Waals surface area contributed by atoms with Crippen molar-refractivity contribution in [2.24, 2.45) is 0 Å². The third-order valence-corrected chi connectivity index (χ3v) is 6.10. The molecule has 0 aliphatic carbocycles. The molecule has 1 unspecified atom stereocenters. The zero-order chi connectivity index (χ0) is 21.6. The van der Waals surface area contributed by atoms with Crippen LogP contribution in [-0.4, -0.2) is 33.5 Å². The van der Waals surface area contributed by atoms with Crippen LogP contribution in [0.5, 0.6) is 0 Å². The lowest BCUT2D eigenvalue weighted by Gasteiger charge is -2.20. The second-order valence-electron chi connectivity index (χ2n) is 8.96. The fraction of sp³-hybridized carbons (Fsp3) is 0.960. The highest BCUT2D eigenvalue weighted by molar-refractivity contribution is 5.77. The standard InChI is InChI=1S/C25H50O4/c1-2-3-4-5-6-7-8-9-10-11-12-13-14-15-16-17-18-19-20-21-22-25(29,23-26)24(27)28/h26,29H,2-23H2,1H3,(H,27,28). The van der Waals surface area contributed by atoms with Gasteiger partial charge in [0.25, 0.3) is 0 Å². The largest absolute Gasteiger partial charge is 0.479 e. The van der Waals surface area contributed by atoms with Gasteiger partial charge >= 0.3 is 5.97 Å². The summed E-state index contributed by atoms with van der Waals surface area (Å²) in [5.74, 6) is -1.32. The van der Waals surface area contributed by atoms with Crippen LogP contribution in [-0.2, 0) is 4.79 Å². The molecule has 0 aliphatic rings. The van der Waals surface area contributed by atoms with Gasteiger partial charge in [-0.25, -0.2) is 4.79 Å². The highest BCUT2D eigenvalue weighted by Crippen LogP contribution is 2.18. The molecule has 0 aromatic heterocycles. The molecule has 0 aromatic carbocycles. The third kappa shape index (κ3) is 17.9. The van der Waals surface area contributed by atoms with Crippen molar-refractivity contribution < 1.29 is 20.1 Å². The maximum Gasteiger partial charge on any atom is 0.338 e. The molecule has 0 bridgehead atoms. The zero-order valence-corrected chi connectivity index (χ0v) is 19.3. The molecule has 29 heavy (non-hydrogen) atoms. The molecule has 1 atom stereocenters. The number of rotatable bonds is 23. The first-order chi connectivity index (χ1) is 14.1. The van der Waals surface area contributed by atoms with E-state index in [0.29, 0.717) is 6.42 Å². The molecule has 0 rings (SSSR count). The SMILES string of the molecule is CCCCCCCCCCCCCCCCCCCCCCC(O)(CO)C(=O)O. The number of carboxylic acids is 1. The first kappa shape index (κ1) is 28.4. The van der Waals surface area contributed by atoms with E-state index in [9.17, 15) is 9.90 Å². The summed E-state index contributed by atoms with van der Waals surface area (Å²) in [5, 5.41) is 27.6. The van der Waals surface area contributed by atoms with Gasteiger partial charge in [-0.1, -0.05) is 129 Å². The monoisotopic (exact) mass is 414 g/mol. The molecule has 0 fully saturated rings. The van der Waals surface area contributed by atoms with Crippen molar-refractivity contribution in [2.75, 3.05) is 6.61 Å². The summed E-state index contributed by atoms with van der Waals surface area (Å²) in [6, 6.07) is 0. The Labute approximate surface area is 180 Å². The summed E-state index contributed by atoms with van der Waals surface area (Å²) in [4.78, 5) is 10.9. The van der Waals surface area contributed by atoms with Gasteiger partial charge in [0, 0.05) is 0 Å². The van der Waals surface area contributed by atoms with Gasteiger partial charge < -0.3 is 15.3 Å². The molecule has 0 aromatic rings. The van der Waals surface area contributed by atoms with Gasteiger partial charge in [-0.2, -0.15) is 0 Å². The molecular formula is C25H50O4. The molecule has 0 amide bonds. The first-order valence-electron chi connectivity index (χ1n) is 12.6. The van der Waals surface area contributed by atoms with Gasteiger partial charge in [-0.05, 0) is 12.8 Å². The van der Waals surface area contributed by atoms with Crippen molar-refractivity contribution in [3.8, 4) is 0 Å². The minimum absolute atomic E-state index is 0.137. The van der Waals surface area contributed by atoms with Crippen molar-refractivity contribution in [3.63, 3.8) is 0 Å². The first-order valence-corrected chi connectivity index (χ1v) is 12.6. The van der Waals surface area contributed by atoms with Crippen molar-refractivity contribution >= 4 is 5.97 Å². The van der Waals surface area contributed by atoms with E-state index in [1.807, 2.05) is 0 Å². The highest BCUT2D eigenvalue weighted by Gasteiger charge is 2.34. The van der Waals surface area contributed by atoms with Gasteiger partial charge in [0.1, 0.15) is 0 Å². The predicted molar refractivity (Wildman–Crippen MR) is 122 cm³/mol. The lowest BCUT2D eigenvalue weighted by atomic mass is 9.96. The number of unbranched alkanes of at least 4 members (excludes halogenated alkanes) is 19. The van der Waals surface area contributed by atoms with E-state index < -0.39 is 18.2 Å². The molecule has 174 valence electrons. The second-order valence-corrected chi connectivity index (χ2v) is 8.96. The fourth-order valence-electron chi connectivity index (χ4n) is 3.93. The molecule has 0 heterocycles. The summed E-state index contributed by atoms with van der Waals surface area (Å²) in [6.45, 7) is 1.57. The van der Waals surface area contributed by atoms with E-state index >= 15 is 0 Å². The maximum atomic E-state index is 10.9. The minimum atomic E-state index is -1.95. The summed E-state index contributed by atoms with van der Waals surface area (Å²) < 4.78 is 0. The summed E-state index contributed by atoms with van der Waals surface area (Å²) >= 11 is 0. The lowest BCUT2D eigenvalue weighted by molar-refractivity contribution is -0.163. The number of carbonyl (C=O) groups is 1. The normalized spacial score (nSPS) is 13.5. The van der Waals surface area contributed by atoms with Crippen LogP contribution in [0.2, 0.25) is 0 Å². The minimum Gasteiger partial charge on any atom is -0.479 e. The van der Waals surface area contributed by atoms with Crippen LogP contribution in [0.4, 0.5) is 0 Å². The van der Waals surface area contributed by atoms with Gasteiger partial charge in [-0.3, -0.25) is 0 Å². The molecule has 0 aliphatic heterocycles. The smallest absolute Gasteiger partial charge is 0.338 e. The Morgan fingerprint density at radius 1 is 0.586 bits per heavy atom. The third-order valence-electron chi connectivity index (χ3n) is 6.10. The summed E-state index contributed by atoms with van der Waals surface area (Å²) in [7, 11) is 0. The Balaban J connectivity index is 3.18. The van der Waals surface area contributed by atoms with Crippen LogP contribution in [0.1, 0.15) is 142 Å². The Hall–Kier alpha value is -0.610. The molecule has 4 heteroatoms. The molecular weight excluding hydrogens is 364 g/mol. The predicted octanol–water partition coefficient (Wildman–Crippen LogP) is 7.01. The van der Waals surface area contributed by atoms with Crippen molar-refractivity contribution in [2.45, 2.75) is 147 Å². The molecule has 0 saturated carbocycles. The van der Waals surface area contributed by atoms with Gasteiger partial charge in [0.2, 0.25) is 0 Å². The average Bonchev–Trinajstić information content (AvgIpc) is 2.72. The van der Waals surface area contributed by atoms with Crippen molar-refractivity contribution in [3.05, 3.63) is 0 Å². The van der Waals surface area contributed by atoms with Gasteiger partial charge in [-0.15, -0.1) is 0 Å². The Morgan fingerprint density at radius 2 is 0.862 bits per heavy atom. The van der Waals surface area contributed by atoms with Crippen LogP contribution in [0.15, 0.2) is 0 Å². The Morgan fingerprint density at radius 3 is 1.10 bits per heavy atom. The number of aliphatic hydroxyl groups excluding tert-OH is 1. The van der Waals surface area contributed by atoms with E-state index in [1.54, 1.807) is 0 Å².